The van der Waals surface area contributed by atoms with Crippen LogP contribution in [0.3, 0.4) is 0 Å². The van der Waals surface area contributed by atoms with Crippen LogP contribution in [0.4, 0.5) is 0 Å². The second-order valence-corrected chi connectivity index (χ2v) is 5.94. The van der Waals surface area contributed by atoms with Gasteiger partial charge in [-0.15, -0.1) is 0 Å². The zero-order chi connectivity index (χ0) is 15.4. The number of nitrogens with one attached hydrogen (secondary N) is 1. The Hall–Kier alpha value is -2.02. The van der Waals surface area contributed by atoms with Crippen LogP contribution in [0.2, 0.25) is 0 Å². The molecule has 6 heteroatoms. The Morgan fingerprint density at radius 2 is 2.27 bits per heavy atom. The van der Waals surface area contributed by atoms with E-state index >= 15 is 0 Å². The van der Waals surface area contributed by atoms with E-state index in [0.717, 1.165) is 23.4 Å². The van der Waals surface area contributed by atoms with E-state index in [-0.39, 0.29) is 0 Å². The highest BCUT2D eigenvalue weighted by molar-refractivity contribution is 7.07. The molecule has 0 spiro atoms. The van der Waals surface area contributed by atoms with Crippen LogP contribution in [0.15, 0.2) is 47.7 Å². The number of hydrogen-bond donors (Lipinski definition) is 2. The first-order chi connectivity index (χ1) is 10.7. The van der Waals surface area contributed by atoms with Crippen molar-refractivity contribution in [1.82, 2.24) is 20.1 Å². The third-order valence-corrected chi connectivity index (χ3v) is 4.22. The number of nitrogens with zero attached hydrogens (tertiary/aromatic N) is 3. The summed E-state index contributed by atoms with van der Waals surface area (Å²) in [5, 5.41) is 21.4. The molecule has 2 heterocycles. The molecule has 22 heavy (non-hydrogen) atoms. The average Bonchev–Trinajstić information content (AvgIpc) is 3.21. The molecule has 0 fully saturated rings. The summed E-state index contributed by atoms with van der Waals surface area (Å²) in [5.74, 6) is 0. The summed E-state index contributed by atoms with van der Waals surface area (Å²) in [4.78, 5) is 3.97. The third-order valence-electron chi connectivity index (χ3n) is 3.52. The minimum atomic E-state index is -0.457. The largest absolute Gasteiger partial charge is 0.387 e. The number of thiophene rings is 1. The van der Waals surface area contributed by atoms with E-state index in [1.165, 1.54) is 11.9 Å². The lowest BCUT2D eigenvalue weighted by Gasteiger charge is -2.12. The lowest BCUT2D eigenvalue weighted by Crippen LogP contribution is -2.20. The fourth-order valence-electron chi connectivity index (χ4n) is 2.35. The quantitative estimate of drug-likeness (QED) is 0.733. The average molecular weight is 314 g/mol. The highest BCUT2D eigenvalue weighted by Crippen LogP contribution is 2.16. The second kappa shape index (κ2) is 6.83. The molecule has 1 aromatic carbocycles. The van der Waals surface area contributed by atoms with Crippen molar-refractivity contribution < 1.29 is 5.11 Å². The Bertz CT molecular complexity index is 710. The number of rotatable bonds is 6. The van der Waals surface area contributed by atoms with E-state index in [1.807, 2.05) is 22.9 Å². The van der Waals surface area contributed by atoms with Gasteiger partial charge in [0.05, 0.1) is 11.8 Å². The minimum Gasteiger partial charge on any atom is -0.387 e. The molecule has 1 unspecified atom stereocenters. The minimum absolute atomic E-state index is 0.457. The number of aromatic nitrogens is 3. The molecule has 3 rings (SSSR count). The molecule has 2 N–H and O–H groups in total. The van der Waals surface area contributed by atoms with Crippen LogP contribution >= 0.6 is 11.3 Å². The molecule has 0 saturated carbocycles. The van der Waals surface area contributed by atoms with Crippen molar-refractivity contribution in [1.29, 1.82) is 0 Å². The van der Waals surface area contributed by atoms with Crippen molar-refractivity contribution >= 4 is 11.3 Å². The Kier molecular flexibility index (Phi) is 4.62. The van der Waals surface area contributed by atoms with Crippen LogP contribution in [0.5, 0.6) is 0 Å². The first-order valence-corrected chi connectivity index (χ1v) is 8.04. The summed E-state index contributed by atoms with van der Waals surface area (Å²) in [5.41, 5.74) is 4.32. The topological polar surface area (TPSA) is 63.0 Å². The molecular formula is C16H18N4OS. The normalized spacial score (nSPS) is 12.5. The summed E-state index contributed by atoms with van der Waals surface area (Å²) in [6.45, 7) is 3.32. The Morgan fingerprint density at radius 3 is 2.95 bits per heavy atom. The van der Waals surface area contributed by atoms with Crippen LogP contribution in [-0.4, -0.2) is 26.4 Å². The summed E-state index contributed by atoms with van der Waals surface area (Å²) in [7, 11) is 0. The van der Waals surface area contributed by atoms with Gasteiger partial charge in [-0.1, -0.05) is 12.1 Å². The molecule has 114 valence electrons. The van der Waals surface area contributed by atoms with E-state index in [2.05, 4.69) is 34.5 Å². The van der Waals surface area contributed by atoms with Crippen molar-refractivity contribution in [3.8, 4) is 5.69 Å². The van der Waals surface area contributed by atoms with Gasteiger partial charge in [-0.25, -0.2) is 9.67 Å². The standard InChI is InChI=1S/C16H18N4OS/c1-12-6-13(2-3-15(12)20-11-18-10-19-20)7-17-8-16(21)14-4-5-22-9-14/h2-6,9-11,16-17,21H,7-8H2,1H3. The van der Waals surface area contributed by atoms with Crippen LogP contribution < -0.4 is 5.32 Å². The van der Waals surface area contributed by atoms with Gasteiger partial charge in [0, 0.05) is 13.1 Å². The molecule has 0 aliphatic heterocycles. The number of aryl methyl sites for hydroxylation is 1. The SMILES string of the molecule is Cc1cc(CNCC(O)c2ccsc2)ccc1-n1cncn1. The highest BCUT2D eigenvalue weighted by Gasteiger charge is 2.07. The van der Waals surface area contributed by atoms with E-state index in [1.54, 1.807) is 22.3 Å². The van der Waals surface area contributed by atoms with Crippen LogP contribution in [0.1, 0.15) is 22.8 Å². The van der Waals surface area contributed by atoms with Crippen molar-refractivity contribution in [2.45, 2.75) is 19.6 Å². The molecular weight excluding hydrogens is 296 g/mol. The van der Waals surface area contributed by atoms with Gasteiger partial charge >= 0.3 is 0 Å². The number of benzene rings is 1. The third kappa shape index (κ3) is 3.41. The predicted molar refractivity (Wildman–Crippen MR) is 87.1 cm³/mol. The van der Waals surface area contributed by atoms with Gasteiger partial charge in [0.1, 0.15) is 12.7 Å². The van der Waals surface area contributed by atoms with E-state index in [9.17, 15) is 5.11 Å². The zero-order valence-electron chi connectivity index (χ0n) is 12.3. The lowest BCUT2D eigenvalue weighted by atomic mass is 10.1. The molecule has 1 atom stereocenters. The predicted octanol–water partition coefficient (Wildman–Crippen LogP) is 2.46. The maximum atomic E-state index is 10.0. The molecule has 5 nitrogen and oxygen atoms in total. The Labute approximate surface area is 133 Å². The van der Waals surface area contributed by atoms with Gasteiger partial charge in [0.15, 0.2) is 0 Å². The number of hydrogen-bond acceptors (Lipinski definition) is 5. The summed E-state index contributed by atoms with van der Waals surface area (Å²) < 4.78 is 1.76. The van der Waals surface area contributed by atoms with Crippen molar-refractivity contribution in [2.24, 2.45) is 0 Å². The Balaban J connectivity index is 1.58. The Morgan fingerprint density at radius 1 is 1.36 bits per heavy atom. The van der Waals surface area contributed by atoms with Crippen molar-refractivity contribution in [3.05, 3.63) is 64.4 Å². The van der Waals surface area contributed by atoms with Crippen LogP contribution in [0, 0.1) is 6.92 Å². The molecule has 2 aromatic heterocycles. The summed E-state index contributed by atoms with van der Waals surface area (Å²) in [6.07, 6.45) is 2.76. The highest BCUT2D eigenvalue weighted by atomic mass is 32.1. The first kappa shape index (κ1) is 14.9. The van der Waals surface area contributed by atoms with Crippen LogP contribution in [0.25, 0.3) is 5.69 Å². The van der Waals surface area contributed by atoms with Crippen molar-refractivity contribution in [2.75, 3.05) is 6.54 Å². The van der Waals surface area contributed by atoms with E-state index in [4.69, 9.17) is 0 Å². The van der Waals surface area contributed by atoms with Gasteiger partial charge in [0.25, 0.3) is 0 Å². The summed E-state index contributed by atoms with van der Waals surface area (Å²) in [6, 6.07) is 8.18. The fourth-order valence-corrected chi connectivity index (χ4v) is 3.06. The second-order valence-electron chi connectivity index (χ2n) is 5.16. The summed E-state index contributed by atoms with van der Waals surface area (Å²) >= 11 is 1.60. The van der Waals surface area contributed by atoms with Crippen molar-refractivity contribution in [3.63, 3.8) is 0 Å². The molecule has 0 aliphatic rings. The van der Waals surface area contributed by atoms with Crippen LogP contribution in [-0.2, 0) is 6.54 Å². The molecule has 0 aliphatic carbocycles. The first-order valence-electron chi connectivity index (χ1n) is 7.09. The van der Waals surface area contributed by atoms with Gasteiger partial charge in [-0.05, 0) is 46.5 Å². The van der Waals surface area contributed by atoms with Gasteiger partial charge < -0.3 is 10.4 Å². The van der Waals surface area contributed by atoms with E-state index in [0.29, 0.717) is 6.54 Å². The number of aliphatic hydroxyl groups is 1. The van der Waals surface area contributed by atoms with E-state index < -0.39 is 6.10 Å². The van der Waals surface area contributed by atoms with Gasteiger partial charge in [-0.2, -0.15) is 16.4 Å². The lowest BCUT2D eigenvalue weighted by molar-refractivity contribution is 0.175. The monoisotopic (exact) mass is 314 g/mol. The molecule has 3 aromatic rings. The maximum absolute atomic E-state index is 10.0. The fraction of sp³-hybridized carbons (Fsp3) is 0.250. The van der Waals surface area contributed by atoms with Gasteiger partial charge in [-0.3, -0.25) is 0 Å². The molecule has 0 bridgehead atoms. The molecule has 0 amide bonds. The maximum Gasteiger partial charge on any atom is 0.138 e. The van der Waals surface area contributed by atoms with Gasteiger partial charge in [0.2, 0.25) is 0 Å². The smallest absolute Gasteiger partial charge is 0.138 e. The molecule has 0 saturated heterocycles. The zero-order valence-corrected chi connectivity index (χ0v) is 13.1. The molecule has 0 radical (unpaired) electrons. The number of aliphatic hydroxyl groups excluding tert-OH is 1.